The van der Waals surface area contributed by atoms with Crippen LogP contribution in [-0.4, -0.2) is 21.9 Å². The molecule has 0 bridgehead atoms. The van der Waals surface area contributed by atoms with E-state index in [1.165, 1.54) is 10.4 Å². The molecule has 0 radical (unpaired) electrons. The van der Waals surface area contributed by atoms with Gasteiger partial charge in [0, 0.05) is 6.92 Å². The minimum atomic E-state index is -1.52. The summed E-state index contributed by atoms with van der Waals surface area (Å²) in [6.07, 6.45) is 1.83. The fourth-order valence-corrected chi connectivity index (χ4v) is 7.22. The molecule has 0 atom stereocenters. The van der Waals surface area contributed by atoms with Crippen LogP contribution in [0, 0.1) is 0 Å². The van der Waals surface area contributed by atoms with Crippen LogP contribution in [0.5, 0.6) is 0 Å². The average Bonchev–Trinajstić information content (AvgIpc) is 2.43. The van der Waals surface area contributed by atoms with Gasteiger partial charge in [0.1, 0.15) is 0 Å². The highest BCUT2D eigenvalue weighted by molar-refractivity contribution is 6.99. The van der Waals surface area contributed by atoms with Crippen LogP contribution in [0.3, 0.4) is 0 Å². The van der Waals surface area contributed by atoms with Gasteiger partial charge in [0.15, 0.2) is 11.5 Å². The second-order valence-electron chi connectivity index (χ2n) is 6.41. The predicted molar refractivity (Wildman–Crippen MR) is 74.7 cm³/mol. The van der Waals surface area contributed by atoms with Crippen molar-refractivity contribution >= 4 is 32.3 Å². The summed E-state index contributed by atoms with van der Waals surface area (Å²) >= 11 is 0. The molecule has 1 rings (SSSR count). The van der Waals surface area contributed by atoms with Crippen LogP contribution >= 0.6 is 0 Å². The highest BCUT2D eigenvalue weighted by atomic mass is 28.3. The third-order valence-electron chi connectivity index (χ3n) is 2.67. The number of Topliss-reactive ketones (excluding diaryl/α,β-unsaturated/α-hetero) is 1. The maximum atomic E-state index is 11.6. The van der Waals surface area contributed by atoms with Crippen molar-refractivity contribution < 1.29 is 9.21 Å². The predicted octanol–water partition coefficient (Wildman–Crippen LogP) is 2.57. The van der Waals surface area contributed by atoms with Gasteiger partial charge in [-0.15, -0.1) is 0 Å². The van der Waals surface area contributed by atoms with E-state index in [4.69, 9.17) is 4.42 Å². The molecule has 0 aliphatic carbocycles. The van der Waals surface area contributed by atoms with E-state index >= 15 is 0 Å². The monoisotopic (exact) mass is 254 g/mol. The van der Waals surface area contributed by atoms with Crippen LogP contribution in [0.1, 0.15) is 17.5 Å². The molecule has 1 aromatic heterocycles. The molecule has 2 nitrogen and oxygen atoms in total. The first-order chi connectivity index (χ1) is 7.05. The third-order valence-corrected chi connectivity index (χ3v) is 6.90. The number of hydrogen-bond donors (Lipinski definition) is 0. The van der Waals surface area contributed by atoms with E-state index in [1.54, 1.807) is 6.92 Å². The third kappa shape index (κ3) is 2.55. The van der Waals surface area contributed by atoms with E-state index in [1.807, 2.05) is 6.26 Å². The Morgan fingerprint density at radius 1 is 1.06 bits per heavy atom. The van der Waals surface area contributed by atoms with Crippen molar-refractivity contribution in [2.24, 2.45) is 0 Å². The van der Waals surface area contributed by atoms with Gasteiger partial charge in [-0.2, -0.15) is 0 Å². The van der Waals surface area contributed by atoms with Crippen LogP contribution in [0.15, 0.2) is 10.7 Å². The summed E-state index contributed by atoms with van der Waals surface area (Å²) in [5.74, 6) is 0.665. The van der Waals surface area contributed by atoms with E-state index < -0.39 is 16.1 Å². The Hall–Kier alpha value is -0.616. The fourth-order valence-electron chi connectivity index (χ4n) is 1.91. The summed E-state index contributed by atoms with van der Waals surface area (Å²) in [7, 11) is -2.95. The molecule has 16 heavy (non-hydrogen) atoms. The minimum absolute atomic E-state index is 0.0573. The molecule has 0 saturated carbocycles. The lowest BCUT2D eigenvalue weighted by Gasteiger charge is -2.23. The lowest BCUT2D eigenvalue weighted by molar-refractivity contribution is 0.0988. The first-order valence-electron chi connectivity index (χ1n) is 5.68. The summed E-state index contributed by atoms with van der Waals surface area (Å²) in [5.41, 5.74) is 0. The van der Waals surface area contributed by atoms with Crippen molar-refractivity contribution in [1.29, 1.82) is 0 Å². The molecule has 0 N–H and O–H groups in total. The van der Waals surface area contributed by atoms with Crippen molar-refractivity contribution in [2.75, 3.05) is 0 Å². The van der Waals surface area contributed by atoms with Crippen LogP contribution in [-0.2, 0) is 0 Å². The second-order valence-corrected chi connectivity index (χ2v) is 16.4. The Bertz CT molecular complexity index is 406. The van der Waals surface area contributed by atoms with Gasteiger partial charge in [-0.3, -0.25) is 4.79 Å². The van der Waals surface area contributed by atoms with Crippen molar-refractivity contribution in [3.05, 3.63) is 12.0 Å². The Kier molecular flexibility index (Phi) is 3.36. The second kappa shape index (κ2) is 4.00. The van der Waals surface area contributed by atoms with Crippen molar-refractivity contribution in [1.82, 2.24) is 0 Å². The number of rotatable bonds is 3. The molecule has 1 heterocycles. The average molecular weight is 254 g/mol. The molecule has 0 unspecified atom stereocenters. The van der Waals surface area contributed by atoms with Gasteiger partial charge >= 0.3 is 0 Å². The van der Waals surface area contributed by atoms with E-state index in [2.05, 4.69) is 39.3 Å². The molecular weight excluding hydrogens is 232 g/mol. The van der Waals surface area contributed by atoms with E-state index in [9.17, 15) is 4.79 Å². The SMILES string of the molecule is CC(=O)c1occ([Si](C)(C)C)c1[Si](C)(C)C. The lowest BCUT2D eigenvalue weighted by atomic mass is 10.3. The van der Waals surface area contributed by atoms with Gasteiger partial charge in [0.25, 0.3) is 0 Å². The van der Waals surface area contributed by atoms with E-state index in [-0.39, 0.29) is 5.78 Å². The Balaban J connectivity index is 3.50. The van der Waals surface area contributed by atoms with Crippen molar-refractivity contribution in [2.45, 2.75) is 46.2 Å². The number of hydrogen-bond acceptors (Lipinski definition) is 2. The largest absolute Gasteiger partial charge is 0.462 e. The van der Waals surface area contributed by atoms with E-state index in [0.29, 0.717) is 5.76 Å². The smallest absolute Gasteiger partial charge is 0.194 e. The molecule has 0 amide bonds. The Morgan fingerprint density at radius 3 is 1.88 bits per heavy atom. The Morgan fingerprint density at radius 2 is 1.56 bits per heavy atom. The van der Waals surface area contributed by atoms with Crippen molar-refractivity contribution in [3.8, 4) is 0 Å². The van der Waals surface area contributed by atoms with Crippen LogP contribution in [0.2, 0.25) is 39.3 Å². The molecule has 0 fully saturated rings. The van der Waals surface area contributed by atoms with Crippen LogP contribution < -0.4 is 10.4 Å². The normalized spacial score (nSPS) is 12.9. The number of furan rings is 1. The molecule has 0 aliphatic heterocycles. The molecule has 90 valence electrons. The fraction of sp³-hybridized carbons (Fsp3) is 0.583. The molecule has 0 aromatic carbocycles. The molecule has 0 saturated heterocycles. The first-order valence-corrected chi connectivity index (χ1v) is 12.7. The molecule has 1 aromatic rings. The summed E-state index contributed by atoms with van der Waals surface area (Å²) < 4.78 is 5.53. The topological polar surface area (TPSA) is 30.2 Å². The van der Waals surface area contributed by atoms with Gasteiger partial charge in [0.05, 0.1) is 22.4 Å². The highest BCUT2D eigenvalue weighted by Crippen LogP contribution is 2.12. The molecule has 0 aliphatic rings. The van der Waals surface area contributed by atoms with Crippen LogP contribution in [0.4, 0.5) is 0 Å². The van der Waals surface area contributed by atoms with Crippen LogP contribution in [0.25, 0.3) is 0 Å². The van der Waals surface area contributed by atoms with Crippen molar-refractivity contribution in [3.63, 3.8) is 0 Å². The standard InChI is InChI=1S/C12H22O2Si2/c1-9(13)11-12(16(5,6)7)10(8-14-11)15(2,3)4/h8H,1-7H3. The maximum Gasteiger partial charge on any atom is 0.194 e. The minimum Gasteiger partial charge on any atom is -0.462 e. The zero-order chi connectivity index (χ0) is 12.7. The highest BCUT2D eigenvalue weighted by Gasteiger charge is 2.33. The molecule has 0 spiro atoms. The summed E-state index contributed by atoms with van der Waals surface area (Å²) in [5, 5.41) is 2.58. The zero-order valence-electron chi connectivity index (χ0n) is 11.4. The zero-order valence-corrected chi connectivity index (χ0v) is 13.4. The summed E-state index contributed by atoms with van der Waals surface area (Å²) in [6, 6.07) is 0. The lowest BCUT2D eigenvalue weighted by Crippen LogP contribution is -2.56. The van der Waals surface area contributed by atoms with Gasteiger partial charge < -0.3 is 4.42 Å². The van der Waals surface area contributed by atoms with Gasteiger partial charge in [-0.1, -0.05) is 39.3 Å². The van der Waals surface area contributed by atoms with Gasteiger partial charge in [-0.05, 0) is 10.4 Å². The number of carbonyl (C=O) groups is 1. The number of carbonyl (C=O) groups excluding carboxylic acids is 1. The number of ketones is 1. The quantitative estimate of drug-likeness (QED) is 0.613. The van der Waals surface area contributed by atoms with Gasteiger partial charge in [-0.25, -0.2) is 0 Å². The molecular formula is C12H22O2Si2. The van der Waals surface area contributed by atoms with Gasteiger partial charge in [0.2, 0.25) is 0 Å². The maximum absolute atomic E-state index is 11.6. The first kappa shape index (κ1) is 13.4. The molecule has 4 heteroatoms. The summed E-state index contributed by atoms with van der Waals surface area (Å²) in [4.78, 5) is 11.6. The van der Waals surface area contributed by atoms with E-state index in [0.717, 1.165) is 0 Å². The summed E-state index contributed by atoms with van der Waals surface area (Å²) in [6.45, 7) is 15.3. The Labute approximate surface area is 100 Å².